The molecule has 0 aliphatic heterocycles. The summed E-state index contributed by atoms with van der Waals surface area (Å²) in [7, 11) is 0. The fourth-order valence-electron chi connectivity index (χ4n) is 2.56. The molecule has 0 spiro atoms. The third-order valence-corrected chi connectivity index (χ3v) is 3.54. The number of hydrogen-bond acceptors (Lipinski definition) is 0. The number of allylic oxidation sites excluding steroid dienone is 9. The van der Waals surface area contributed by atoms with E-state index in [1.807, 2.05) is 13.0 Å². The van der Waals surface area contributed by atoms with Crippen LogP contribution in [0.15, 0.2) is 90.4 Å². The van der Waals surface area contributed by atoms with Crippen molar-refractivity contribution in [3.05, 3.63) is 90.4 Å². The van der Waals surface area contributed by atoms with Crippen molar-refractivity contribution >= 4 is 12.2 Å². The summed E-state index contributed by atoms with van der Waals surface area (Å²) in [5.41, 5.74) is 3.94. The lowest BCUT2D eigenvalue weighted by Crippen LogP contribution is -2.34. The van der Waals surface area contributed by atoms with Crippen LogP contribution in [0, 0.1) is 0 Å². The second-order valence-corrected chi connectivity index (χ2v) is 4.92. The molecule has 0 aromatic heterocycles. The van der Waals surface area contributed by atoms with Gasteiger partial charge in [0, 0.05) is 0 Å². The average Bonchev–Trinajstić information content (AvgIpc) is 2.53. The highest BCUT2D eigenvalue weighted by molar-refractivity contribution is 6.87. The maximum atomic E-state index is 4.00. The van der Waals surface area contributed by atoms with E-state index in [0.29, 0.717) is 0 Å². The first-order valence-electron chi connectivity index (χ1n) is 7.23. The average molecular weight is 260 g/mol. The van der Waals surface area contributed by atoms with Gasteiger partial charge in [-0.05, 0) is 19.8 Å². The molecular formula is C19H21B. The first-order valence-corrected chi connectivity index (χ1v) is 7.23. The van der Waals surface area contributed by atoms with Crippen LogP contribution in [0.1, 0.15) is 19.8 Å². The van der Waals surface area contributed by atoms with Crippen molar-refractivity contribution in [1.82, 2.24) is 0 Å². The topological polar surface area (TPSA) is 0 Å². The van der Waals surface area contributed by atoms with Crippen molar-refractivity contribution < 1.29 is 0 Å². The van der Waals surface area contributed by atoms with E-state index in [2.05, 4.69) is 73.4 Å². The molecule has 2 rings (SSSR count). The molecule has 0 saturated carbocycles. The second kappa shape index (κ2) is 7.54. The van der Waals surface area contributed by atoms with Crippen LogP contribution in [0.25, 0.3) is 0 Å². The molecule has 1 heteroatoms. The lowest BCUT2D eigenvalue weighted by molar-refractivity contribution is 1.03. The van der Waals surface area contributed by atoms with Gasteiger partial charge in [-0.2, -0.15) is 0 Å². The second-order valence-electron chi connectivity index (χ2n) is 4.92. The normalized spacial score (nSPS) is 15.2. The van der Waals surface area contributed by atoms with Gasteiger partial charge in [-0.25, -0.2) is 0 Å². The van der Waals surface area contributed by atoms with E-state index in [9.17, 15) is 0 Å². The molecular weight excluding hydrogens is 239 g/mol. The number of rotatable bonds is 5. The van der Waals surface area contributed by atoms with Crippen LogP contribution in [0.4, 0.5) is 0 Å². The molecule has 100 valence electrons. The van der Waals surface area contributed by atoms with Crippen molar-refractivity contribution in [2.45, 2.75) is 19.8 Å². The maximum Gasteiger partial charge on any atom is 0.240 e. The molecule has 1 aliphatic carbocycles. The van der Waals surface area contributed by atoms with E-state index in [0.717, 1.165) is 12.8 Å². The largest absolute Gasteiger partial charge is 0.240 e. The van der Waals surface area contributed by atoms with Crippen LogP contribution in [-0.2, 0) is 0 Å². The van der Waals surface area contributed by atoms with Gasteiger partial charge in [0.1, 0.15) is 0 Å². The van der Waals surface area contributed by atoms with Gasteiger partial charge < -0.3 is 0 Å². The summed E-state index contributed by atoms with van der Waals surface area (Å²) in [6.45, 7) is 6.32. The molecule has 1 aromatic carbocycles. The zero-order chi connectivity index (χ0) is 14.2. The Balaban J connectivity index is 2.46. The summed E-state index contributed by atoms with van der Waals surface area (Å²) in [6.07, 6.45) is 17.4. The third kappa shape index (κ3) is 3.51. The Morgan fingerprint density at radius 3 is 2.60 bits per heavy atom. The SMILES string of the molecule is C=C/C(=C\C=C/C)B(C1=CCCC=C1)c1ccccc1. The van der Waals surface area contributed by atoms with Gasteiger partial charge in [-0.1, -0.05) is 95.9 Å². The molecule has 0 saturated heterocycles. The zero-order valence-corrected chi connectivity index (χ0v) is 12.1. The Labute approximate surface area is 123 Å². The minimum Gasteiger partial charge on any atom is -0.0996 e. The summed E-state index contributed by atoms with van der Waals surface area (Å²) in [5.74, 6) is 0. The van der Waals surface area contributed by atoms with E-state index in [1.165, 1.54) is 16.4 Å². The van der Waals surface area contributed by atoms with Gasteiger partial charge >= 0.3 is 0 Å². The Morgan fingerprint density at radius 2 is 2.00 bits per heavy atom. The molecule has 0 N–H and O–H groups in total. The Bertz CT molecular complexity index is 559. The van der Waals surface area contributed by atoms with Crippen LogP contribution in [0.5, 0.6) is 0 Å². The van der Waals surface area contributed by atoms with Crippen LogP contribution in [0.2, 0.25) is 0 Å². The minimum atomic E-state index is 0.279. The Hall–Kier alpha value is -2.02. The maximum absolute atomic E-state index is 4.00. The predicted molar refractivity (Wildman–Crippen MR) is 91.4 cm³/mol. The monoisotopic (exact) mass is 260 g/mol. The molecule has 0 nitrogen and oxygen atoms in total. The van der Waals surface area contributed by atoms with Crippen LogP contribution < -0.4 is 5.46 Å². The minimum absolute atomic E-state index is 0.279. The Kier molecular flexibility index (Phi) is 5.43. The van der Waals surface area contributed by atoms with Gasteiger partial charge in [0.05, 0.1) is 0 Å². The standard InChI is InChI=1S/C19H21B/c1-3-5-12-17(4-2)20(18-13-8-6-9-14-18)19-15-10-7-11-16-19/h3-6,8-10,12-16H,2,7,11H2,1H3/b5-3-,17-12+. The zero-order valence-electron chi connectivity index (χ0n) is 12.1. The highest BCUT2D eigenvalue weighted by Crippen LogP contribution is 2.18. The molecule has 0 fully saturated rings. The predicted octanol–water partition coefficient (Wildman–Crippen LogP) is 4.43. The van der Waals surface area contributed by atoms with Crippen LogP contribution >= 0.6 is 0 Å². The smallest absolute Gasteiger partial charge is 0.0996 e. The molecule has 1 aliphatic rings. The molecule has 0 atom stereocenters. The summed E-state index contributed by atoms with van der Waals surface area (Å²) >= 11 is 0. The van der Waals surface area contributed by atoms with Crippen molar-refractivity contribution in [2.24, 2.45) is 0 Å². The number of hydrogen-bond donors (Lipinski definition) is 0. The van der Waals surface area contributed by atoms with Crippen LogP contribution in [0.3, 0.4) is 0 Å². The first-order chi connectivity index (χ1) is 9.86. The molecule has 0 unspecified atom stereocenters. The van der Waals surface area contributed by atoms with Gasteiger partial charge in [-0.3, -0.25) is 0 Å². The molecule has 1 aromatic rings. The van der Waals surface area contributed by atoms with E-state index < -0.39 is 0 Å². The first kappa shape index (κ1) is 14.4. The summed E-state index contributed by atoms with van der Waals surface area (Å²) < 4.78 is 0. The van der Waals surface area contributed by atoms with Gasteiger partial charge in [0.15, 0.2) is 0 Å². The van der Waals surface area contributed by atoms with Crippen molar-refractivity contribution in [2.75, 3.05) is 0 Å². The Morgan fingerprint density at radius 1 is 1.20 bits per heavy atom. The third-order valence-electron chi connectivity index (χ3n) is 3.54. The molecule has 20 heavy (non-hydrogen) atoms. The fraction of sp³-hybridized carbons (Fsp3) is 0.158. The highest BCUT2D eigenvalue weighted by Gasteiger charge is 2.23. The van der Waals surface area contributed by atoms with Crippen LogP contribution in [-0.4, -0.2) is 6.71 Å². The molecule has 0 heterocycles. The van der Waals surface area contributed by atoms with Crippen molar-refractivity contribution in [3.63, 3.8) is 0 Å². The van der Waals surface area contributed by atoms with E-state index >= 15 is 0 Å². The van der Waals surface area contributed by atoms with Crippen molar-refractivity contribution in [3.8, 4) is 0 Å². The van der Waals surface area contributed by atoms with E-state index in [4.69, 9.17) is 0 Å². The molecule has 0 bridgehead atoms. The summed E-state index contributed by atoms with van der Waals surface area (Å²) in [5, 5.41) is 0. The summed E-state index contributed by atoms with van der Waals surface area (Å²) in [6, 6.07) is 10.7. The van der Waals surface area contributed by atoms with Crippen molar-refractivity contribution in [1.29, 1.82) is 0 Å². The van der Waals surface area contributed by atoms with Gasteiger partial charge in [-0.15, -0.1) is 0 Å². The quantitative estimate of drug-likeness (QED) is 0.542. The molecule has 0 amide bonds. The van der Waals surface area contributed by atoms with Gasteiger partial charge in [0.25, 0.3) is 0 Å². The lowest BCUT2D eigenvalue weighted by atomic mass is 9.35. The summed E-state index contributed by atoms with van der Waals surface area (Å²) in [4.78, 5) is 0. The van der Waals surface area contributed by atoms with Gasteiger partial charge in [0.2, 0.25) is 6.71 Å². The highest BCUT2D eigenvalue weighted by atomic mass is 14.0. The molecule has 0 radical (unpaired) electrons. The van der Waals surface area contributed by atoms with E-state index in [-0.39, 0.29) is 6.71 Å². The van der Waals surface area contributed by atoms with E-state index in [1.54, 1.807) is 0 Å². The number of benzene rings is 1. The fourth-order valence-corrected chi connectivity index (χ4v) is 2.56. The lowest BCUT2D eigenvalue weighted by Gasteiger charge is -2.19.